The lowest BCUT2D eigenvalue weighted by molar-refractivity contribution is -0.0284. The highest BCUT2D eigenvalue weighted by Gasteiger charge is 1.99. The molecule has 65 heavy (non-hydrogen) atoms. The maximum absolute atomic E-state index is 5.70. The van der Waals surface area contributed by atoms with Crippen LogP contribution in [0, 0.1) is 0 Å². The summed E-state index contributed by atoms with van der Waals surface area (Å²) in [6.45, 7) is 18.5. The number of hydrogen-bond acceptors (Lipinski definition) is 12. The van der Waals surface area contributed by atoms with E-state index in [1.54, 1.807) is 0 Å². The molecule has 0 radical (unpaired) electrons. The van der Waals surface area contributed by atoms with E-state index in [-0.39, 0.29) is 0 Å². The van der Waals surface area contributed by atoms with Crippen molar-refractivity contribution in [2.75, 3.05) is 159 Å². The van der Waals surface area contributed by atoms with E-state index in [2.05, 4.69) is 13.8 Å². The SMILES string of the molecule is CCCCCCCCCCCCCCCCOCCOCCOCCOCCOCCOCCOCCOCCOCCOCCOCCOCCCCCCCCCCCCCCC. The average molecular weight is 937 g/mol. The Morgan fingerprint density at radius 1 is 0.123 bits per heavy atom. The second kappa shape index (κ2) is 63.5. The molecule has 0 aromatic rings. The zero-order chi connectivity index (χ0) is 46.5. The van der Waals surface area contributed by atoms with Crippen molar-refractivity contribution in [3.05, 3.63) is 0 Å². The molecule has 0 spiro atoms. The van der Waals surface area contributed by atoms with E-state index in [0.29, 0.717) is 145 Å². The standard InChI is InChI=1S/C53H108O12/c1-3-5-7-9-11-13-15-17-19-21-23-25-27-29-31-55-33-35-57-37-39-59-41-43-61-45-47-63-49-51-65-53-52-64-50-48-62-46-44-60-42-40-58-38-36-56-34-32-54-30-28-26-24-22-20-18-16-14-12-10-8-6-4-2/h3-53H2,1-2H3. The Balaban J connectivity index is 3.06. The fraction of sp³-hybridized carbons (Fsp3) is 1.00. The molecule has 0 saturated carbocycles. The van der Waals surface area contributed by atoms with Crippen LogP contribution < -0.4 is 0 Å². The van der Waals surface area contributed by atoms with Crippen LogP contribution in [0.1, 0.15) is 187 Å². The molecule has 0 rings (SSSR count). The van der Waals surface area contributed by atoms with Gasteiger partial charge in [0, 0.05) is 13.2 Å². The number of hydrogen-bond donors (Lipinski definition) is 0. The lowest BCUT2D eigenvalue weighted by atomic mass is 10.0. The molecule has 12 heteroatoms. The summed E-state index contributed by atoms with van der Waals surface area (Å²) >= 11 is 0. The Hall–Kier alpha value is -0.480. The van der Waals surface area contributed by atoms with Crippen LogP contribution in [0.3, 0.4) is 0 Å². The molecular formula is C53H108O12. The van der Waals surface area contributed by atoms with Gasteiger partial charge in [0.1, 0.15) is 0 Å². The van der Waals surface area contributed by atoms with Crippen LogP contribution in [-0.2, 0) is 56.8 Å². The normalized spacial score (nSPS) is 11.7. The lowest BCUT2D eigenvalue weighted by Gasteiger charge is -2.09. The molecule has 0 heterocycles. The molecule has 0 aromatic heterocycles. The first-order valence-electron chi connectivity index (χ1n) is 27.3. The highest BCUT2D eigenvalue weighted by Crippen LogP contribution is 2.14. The second-order valence-electron chi connectivity index (χ2n) is 17.2. The highest BCUT2D eigenvalue weighted by molar-refractivity contribution is 4.51. The van der Waals surface area contributed by atoms with E-state index in [1.165, 1.54) is 161 Å². The van der Waals surface area contributed by atoms with Gasteiger partial charge in [0.2, 0.25) is 0 Å². The molecule has 12 nitrogen and oxygen atoms in total. The van der Waals surface area contributed by atoms with Crippen LogP contribution in [0.5, 0.6) is 0 Å². The minimum atomic E-state index is 0.523. The van der Waals surface area contributed by atoms with Crippen LogP contribution in [-0.4, -0.2) is 159 Å². The summed E-state index contributed by atoms with van der Waals surface area (Å²) in [6.07, 6.45) is 37.1. The van der Waals surface area contributed by atoms with Crippen molar-refractivity contribution in [1.29, 1.82) is 0 Å². The molecule has 0 aliphatic heterocycles. The minimum Gasteiger partial charge on any atom is -0.379 e. The zero-order valence-corrected chi connectivity index (χ0v) is 43.0. The fourth-order valence-corrected chi connectivity index (χ4v) is 7.14. The third-order valence-corrected chi connectivity index (χ3v) is 11.1. The number of rotatable bonds is 62. The summed E-state index contributed by atoms with van der Waals surface area (Å²) in [5.41, 5.74) is 0. The van der Waals surface area contributed by atoms with Gasteiger partial charge in [-0.1, -0.05) is 174 Å². The number of unbranched alkanes of at least 4 members (excludes halogenated alkanes) is 25. The molecule has 0 aliphatic carbocycles. The summed E-state index contributed by atoms with van der Waals surface area (Å²) in [5.74, 6) is 0. The third-order valence-electron chi connectivity index (χ3n) is 11.1. The lowest BCUT2D eigenvalue weighted by Crippen LogP contribution is -2.15. The van der Waals surface area contributed by atoms with Crippen molar-refractivity contribution >= 4 is 0 Å². The first-order chi connectivity index (χ1) is 32.4. The van der Waals surface area contributed by atoms with Gasteiger partial charge in [-0.3, -0.25) is 0 Å². The largest absolute Gasteiger partial charge is 0.379 e. The van der Waals surface area contributed by atoms with Crippen LogP contribution in [0.25, 0.3) is 0 Å². The molecule has 0 unspecified atom stereocenters. The first-order valence-corrected chi connectivity index (χ1v) is 27.3. The monoisotopic (exact) mass is 937 g/mol. The quantitative estimate of drug-likeness (QED) is 0.0541. The Morgan fingerprint density at radius 2 is 0.231 bits per heavy atom. The Morgan fingerprint density at radius 3 is 0.369 bits per heavy atom. The molecule has 0 saturated heterocycles. The second-order valence-corrected chi connectivity index (χ2v) is 17.2. The summed E-state index contributed by atoms with van der Waals surface area (Å²) in [5, 5.41) is 0. The van der Waals surface area contributed by atoms with Crippen LogP contribution in [0.4, 0.5) is 0 Å². The molecule has 0 amide bonds. The summed E-state index contributed by atoms with van der Waals surface area (Å²) in [4.78, 5) is 0. The van der Waals surface area contributed by atoms with E-state index in [1.807, 2.05) is 0 Å². The molecule has 0 fully saturated rings. The van der Waals surface area contributed by atoms with E-state index in [9.17, 15) is 0 Å². The maximum atomic E-state index is 5.70. The van der Waals surface area contributed by atoms with Gasteiger partial charge in [0.25, 0.3) is 0 Å². The fourth-order valence-electron chi connectivity index (χ4n) is 7.14. The topological polar surface area (TPSA) is 111 Å². The van der Waals surface area contributed by atoms with E-state index >= 15 is 0 Å². The van der Waals surface area contributed by atoms with Gasteiger partial charge in [-0.05, 0) is 12.8 Å². The van der Waals surface area contributed by atoms with Crippen molar-refractivity contribution in [2.45, 2.75) is 187 Å². The first kappa shape index (κ1) is 64.5. The van der Waals surface area contributed by atoms with E-state index < -0.39 is 0 Å². The van der Waals surface area contributed by atoms with Crippen LogP contribution >= 0.6 is 0 Å². The van der Waals surface area contributed by atoms with Crippen molar-refractivity contribution in [1.82, 2.24) is 0 Å². The van der Waals surface area contributed by atoms with Gasteiger partial charge in [-0.15, -0.1) is 0 Å². The van der Waals surface area contributed by atoms with Gasteiger partial charge in [-0.25, -0.2) is 0 Å². The molecule has 0 aromatic carbocycles. The minimum absolute atomic E-state index is 0.523. The average Bonchev–Trinajstić information content (AvgIpc) is 3.32. The summed E-state index contributed by atoms with van der Waals surface area (Å²) < 4.78 is 67.0. The summed E-state index contributed by atoms with van der Waals surface area (Å²) in [6, 6.07) is 0. The highest BCUT2D eigenvalue weighted by atomic mass is 16.6. The third kappa shape index (κ3) is 63.5. The smallest absolute Gasteiger partial charge is 0.0701 e. The molecule has 0 bridgehead atoms. The molecular weight excluding hydrogens is 829 g/mol. The maximum Gasteiger partial charge on any atom is 0.0701 e. The number of ether oxygens (including phenoxy) is 12. The van der Waals surface area contributed by atoms with Gasteiger partial charge in [0.05, 0.1) is 145 Å². The Kier molecular flexibility index (Phi) is 63.1. The Labute approximate surface area is 401 Å². The summed E-state index contributed by atoms with van der Waals surface area (Å²) in [7, 11) is 0. The van der Waals surface area contributed by atoms with E-state index in [0.717, 1.165) is 26.1 Å². The van der Waals surface area contributed by atoms with Gasteiger partial charge in [0.15, 0.2) is 0 Å². The van der Waals surface area contributed by atoms with Crippen molar-refractivity contribution in [2.24, 2.45) is 0 Å². The molecule has 0 aliphatic rings. The molecule has 0 atom stereocenters. The van der Waals surface area contributed by atoms with Crippen molar-refractivity contribution in [3.8, 4) is 0 Å². The predicted molar refractivity (Wildman–Crippen MR) is 266 cm³/mol. The van der Waals surface area contributed by atoms with Gasteiger partial charge >= 0.3 is 0 Å². The van der Waals surface area contributed by atoms with Crippen molar-refractivity contribution < 1.29 is 56.8 Å². The molecule has 0 N–H and O–H groups in total. The van der Waals surface area contributed by atoms with Gasteiger partial charge in [-0.2, -0.15) is 0 Å². The van der Waals surface area contributed by atoms with Gasteiger partial charge < -0.3 is 56.8 Å². The van der Waals surface area contributed by atoms with Crippen LogP contribution in [0.15, 0.2) is 0 Å². The Bertz CT molecular complexity index is 736. The van der Waals surface area contributed by atoms with Crippen molar-refractivity contribution in [3.63, 3.8) is 0 Å². The molecule has 392 valence electrons. The van der Waals surface area contributed by atoms with E-state index in [4.69, 9.17) is 56.8 Å². The predicted octanol–water partition coefficient (Wildman–Crippen LogP) is 11.8. The zero-order valence-electron chi connectivity index (χ0n) is 43.0. The van der Waals surface area contributed by atoms with Crippen LogP contribution in [0.2, 0.25) is 0 Å².